The largest absolute Gasteiger partial charge is 0.483 e. The van der Waals surface area contributed by atoms with E-state index < -0.39 is 5.91 Å². The van der Waals surface area contributed by atoms with Gasteiger partial charge in [-0.1, -0.05) is 36.4 Å². The van der Waals surface area contributed by atoms with E-state index in [0.29, 0.717) is 5.75 Å². The number of carbonyl (C=O) groups is 1. The van der Waals surface area contributed by atoms with Crippen molar-refractivity contribution in [2.45, 2.75) is 0 Å². The van der Waals surface area contributed by atoms with Crippen LogP contribution in [0.1, 0.15) is 0 Å². The summed E-state index contributed by atoms with van der Waals surface area (Å²) in [5.74, 6) is 0.113. The minimum atomic E-state index is -0.492. The van der Waals surface area contributed by atoms with Crippen LogP contribution in [0.2, 0.25) is 0 Å². The summed E-state index contributed by atoms with van der Waals surface area (Å²) in [6.07, 6.45) is 0. The van der Waals surface area contributed by atoms with Gasteiger partial charge in [0, 0.05) is 0 Å². The van der Waals surface area contributed by atoms with E-state index in [9.17, 15) is 4.79 Å². The van der Waals surface area contributed by atoms with E-state index in [4.69, 9.17) is 10.5 Å². The summed E-state index contributed by atoms with van der Waals surface area (Å²) in [7, 11) is 0. The van der Waals surface area contributed by atoms with Crippen LogP contribution in [-0.4, -0.2) is 12.5 Å². The fourth-order valence-electron chi connectivity index (χ4n) is 1.58. The van der Waals surface area contributed by atoms with Crippen molar-refractivity contribution in [2.24, 2.45) is 5.73 Å². The third kappa shape index (κ3) is 3.11. The average molecular weight is 306 g/mol. The van der Waals surface area contributed by atoms with Crippen LogP contribution in [0.5, 0.6) is 5.75 Å². The van der Waals surface area contributed by atoms with Gasteiger partial charge in [0.15, 0.2) is 6.61 Å². The van der Waals surface area contributed by atoms with Crippen molar-refractivity contribution in [1.29, 1.82) is 0 Å². The molecule has 92 valence electrons. The first-order chi connectivity index (χ1) is 8.66. The number of halogens is 1. The highest BCUT2D eigenvalue weighted by atomic mass is 79.9. The standard InChI is InChI=1S/C14H12BrNO2/c15-12-8-11(10-4-2-1-3-5-10)6-7-13(12)18-9-14(16)17/h1-8H,9H2,(H2,16,17). The van der Waals surface area contributed by atoms with Gasteiger partial charge in [0.05, 0.1) is 4.47 Å². The molecule has 0 saturated carbocycles. The van der Waals surface area contributed by atoms with Gasteiger partial charge in [0.2, 0.25) is 0 Å². The Morgan fingerprint density at radius 3 is 2.44 bits per heavy atom. The number of carbonyl (C=O) groups excluding carboxylic acids is 1. The molecule has 1 amide bonds. The van der Waals surface area contributed by atoms with Gasteiger partial charge in [-0.05, 0) is 39.2 Å². The molecule has 0 spiro atoms. The van der Waals surface area contributed by atoms with Crippen molar-refractivity contribution in [3.05, 3.63) is 53.0 Å². The highest BCUT2D eigenvalue weighted by molar-refractivity contribution is 9.10. The highest BCUT2D eigenvalue weighted by Gasteiger charge is 2.05. The lowest BCUT2D eigenvalue weighted by molar-refractivity contribution is -0.119. The number of benzene rings is 2. The van der Waals surface area contributed by atoms with Gasteiger partial charge in [-0.25, -0.2) is 0 Å². The Balaban J connectivity index is 2.22. The molecule has 18 heavy (non-hydrogen) atoms. The van der Waals surface area contributed by atoms with Gasteiger partial charge in [0.25, 0.3) is 5.91 Å². The van der Waals surface area contributed by atoms with E-state index in [1.54, 1.807) is 0 Å². The van der Waals surface area contributed by atoms with E-state index in [-0.39, 0.29) is 6.61 Å². The van der Waals surface area contributed by atoms with E-state index in [2.05, 4.69) is 15.9 Å². The van der Waals surface area contributed by atoms with Crippen LogP contribution in [0.15, 0.2) is 53.0 Å². The molecule has 0 aliphatic carbocycles. The van der Waals surface area contributed by atoms with Gasteiger partial charge in [-0.2, -0.15) is 0 Å². The molecule has 3 nitrogen and oxygen atoms in total. The Bertz CT molecular complexity index is 555. The summed E-state index contributed by atoms with van der Waals surface area (Å²) in [5, 5.41) is 0. The lowest BCUT2D eigenvalue weighted by Crippen LogP contribution is -2.20. The lowest BCUT2D eigenvalue weighted by atomic mass is 10.1. The number of nitrogens with two attached hydrogens (primary N) is 1. The second kappa shape index (κ2) is 5.69. The molecule has 0 saturated heterocycles. The third-order valence-electron chi connectivity index (χ3n) is 2.41. The zero-order valence-electron chi connectivity index (χ0n) is 9.60. The summed E-state index contributed by atoms with van der Waals surface area (Å²) in [4.78, 5) is 10.7. The van der Waals surface area contributed by atoms with E-state index in [1.165, 1.54) is 0 Å². The van der Waals surface area contributed by atoms with Crippen LogP contribution in [-0.2, 0) is 4.79 Å². The van der Waals surface area contributed by atoms with Gasteiger partial charge in [-0.3, -0.25) is 4.79 Å². The normalized spacial score (nSPS) is 10.1. The molecule has 0 unspecified atom stereocenters. The quantitative estimate of drug-likeness (QED) is 0.944. The number of hydrogen-bond acceptors (Lipinski definition) is 2. The molecule has 2 rings (SSSR count). The average Bonchev–Trinajstić information content (AvgIpc) is 2.38. The van der Waals surface area contributed by atoms with Gasteiger partial charge in [0.1, 0.15) is 5.75 Å². The Morgan fingerprint density at radius 1 is 1.11 bits per heavy atom. The number of primary amides is 1. The molecular formula is C14H12BrNO2. The second-order valence-electron chi connectivity index (χ2n) is 3.77. The molecule has 0 heterocycles. The molecule has 4 heteroatoms. The Hall–Kier alpha value is -1.81. The van der Waals surface area contributed by atoms with E-state index in [0.717, 1.165) is 15.6 Å². The predicted molar refractivity (Wildman–Crippen MR) is 74.3 cm³/mol. The number of ether oxygens (including phenoxy) is 1. The lowest BCUT2D eigenvalue weighted by Gasteiger charge is -2.08. The minimum absolute atomic E-state index is 0.122. The van der Waals surface area contributed by atoms with E-state index in [1.807, 2.05) is 48.5 Å². The zero-order chi connectivity index (χ0) is 13.0. The smallest absolute Gasteiger partial charge is 0.255 e. The molecule has 2 N–H and O–H groups in total. The second-order valence-corrected chi connectivity index (χ2v) is 4.62. The van der Waals surface area contributed by atoms with Crippen molar-refractivity contribution >= 4 is 21.8 Å². The fraction of sp³-hybridized carbons (Fsp3) is 0.0714. The number of amides is 1. The topological polar surface area (TPSA) is 52.3 Å². The van der Waals surface area contributed by atoms with Gasteiger partial charge >= 0.3 is 0 Å². The molecule has 0 bridgehead atoms. The van der Waals surface area contributed by atoms with Crippen LogP contribution in [0.3, 0.4) is 0 Å². The fourth-order valence-corrected chi connectivity index (χ4v) is 2.07. The Morgan fingerprint density at radius 2 is 1.83 bits per heavy atom. The molecule has 0 aliphatic rings. The third-order valence-corrected chi connectivity index (χ3v) is 3.03. The van der Waals surface area contributed by atoms with Crippen LogP contribution in [0.25, 0.3) is 11.1 Å². The zero-order valence-corrected chi connectivity index (χ0v) is 11.2. The van der Waals surface area contributed by atoms with Crippen LogP contribution >= 0.6 is 15.9 Å². The summed E-state index contributed by atoms with van der Waals surface area (Å²) >= 11 is 3.42. The van der Waals surface area contributed by atoms with Crippen LogP contribution in [0.4, 0.5) is 0 Å². The summed E-state index contributed by atoms with van der Waals surface area (Å²) in [6, 6.07) is 15.7. The molecule has 2 aromatic carbocycles. The van der Waals surface area contributed by atoms with Crippen molar-refractivity contribution in [1.82, 2.24) is 0 Å². The first-order valence-corrected chi connectivity index (χ1v) is 6.22. The Kier molecular flexibility index (Phi) is 3.99. The van der Waals surface area contributed by atoms with Crippen molar-refractivity contribution < 1.29 is 9.53 Å². The minimum Gasteiger partial charge on any atom is -0.483 e. The van der Waals surface area contributed by atoms with Crippen LogP contribution < -0.4 is 10.5 Å². The van der Waals surface area contributed by atoms with Crippen molar-refractivity contribution in [3.8, 4) is 16.9 Å². The maximum absolute atomic E-state index is 10.7. The molecule has 0 aliphatic heterocycles. The first kappa shape index (κ1) is 12.6. The maximum atomic E-state index is 10.7. The molecule has 0 atom stereocenters. The molecule has 0 radical (unpaired) electrons. The van der Waals surface area contributed by atoms with E-state index >= 15 is 0 Å². The molecule has 2 aromatic rings. The predicted octanol–water partition coefficient (Wildman–Crippen LogP) is 2.98. The number of rotatable bonds is 4. The summed E-state index contributed by atoms with van der Waals surface area (Å²) in [6.45, 7) is -0.122. The van der Waals surface area contributed by atoms with Crippen molar-refractivity contribution in [2.75, 3.05) is 6.61 Å². The molecule has 0 fully saturated rings. The summed E-state index contributed by atoms with van der Waals surface area (Å²) < 4.78 is 6.06. The van der Waals surface area contributed by atoms with Crippen molar-refractivity contribution in [3.63, 3.8) is 0 Å². The van der Waals surface area contributed by atoms with Gasteiger partial charge in [-0.15, -0.1) is 0 Å². The molecule has 0 aromatic heterocycles. The Labute approximate surface area is 114 Å². The maximum Gasteiger partial charge on any atom is 0.255 e. The number of hydrogen-bond donors (Lipinski definition) is 1. The highest BCUT2D eigenvalue weighted by Crippen LogP contribution is 2.30. The SMILES string of the molecule is NC(=O)COc1ccc(-c2ccccc2)cc1Br. The van der Waals surface area contributed by atoms with Crippen LogP contribution in [0, 0.1) is 0 Å². The van der Waals surface area contributed by atoms with Gasteiger partial charge < -0.3 is 10.5 Å². The first-order valence-electron chi connectivity index (χ1n) is 5.43. The monoisotopic (exact) mass is 305 g/mol. The molecular weight excluding hydrogens is 294 g/mol. The summed E-state index contributed by atoms with van der Waals surface area (Å²) in [5.41, 5.74) is 7.23.